The fraction of sp³-hybridized carbons (Fsp3) is 0.462. The third-order valence-electron chi connectivity index (χ3n) is 3.26. The summed E-state index contributed by atoms with van der Waals surface area (Å²) in [5.41, 5.74) is 0.580. The molecule has 17 heavy (non-hydrogen) atoms. The highest BCUT2D eigenvalue weighted by molar-refractivity contribution is 14.1. The number of halogens is 1. The predicted molar refractivity (Wildman–Crippen MR) is 75.2 cm³/mol. The summed E-state index contributed by atoms with van der Waals surface area (Å²) in [6.45, 7) is 2.91. The first-order chi connectivity index (χ1) is 8.09. The smallest absolute Gasteiger partial charge is 0.254 e. The Morgan fingerprint density at radius 1 is 1.47 bits per heavy atom. The summed E-state index contributed by atoms with van der Waals surface area (Å²) >= 11 is 2.05. The summed E-state index contributed by atoms with van der Waals surface area (Å²) in [7, 11) is 0. The molecular weight excluding hydrogens is 329 g/mol. The van der Waals surface area contributed by atoms with Crippen molar-refractivity contribution in [1.29, 1.82) is 0 Å². The van der Waals surface area contributed by atoms with Crippen molar-refractivity contribution in [1.82, 2.24) is 4.90 Å². The number of phenols is 1. The molecule has 1 saturated heterocycles. The molecule has 1 heterocycles. The van der Waals surface area contributed by atoms with Gasteiger partial charge >= 0.3 is 0 Å². The summed E-state index contributed by atoms with van der Waals surface area (Å²) in [5.74, 6) is 0.213. The average Bonchev–Trinajstić information content (AvgIpc) is 2.32. The average molecular weight is 345 g/mol. The molecule has 1 aromatic carbocycles. The van der Waals surface area contributed by atoms with Crippen LogP contribution >= 0.6 is 22.6 Å². The number of benzene rings is 1. The zero-order valence-corrected chi connectivity index (χ0v) is 12.0. The van der Waals surface area contributed by atoms with Crippen LogP contribution in [-0.4, -0.2) is 28.5 Å². The van der Waals surface area contributed by atoms with E-state index in [1.807, 2.05) is 27.5 Å². The van der Waals surface area contributed by atoms with E-state index < -0.39 is 0 Å². The molecule has 1 N–H and O–H groups in total. The van der Waals surface area contributed by atoms with Gasteiger partial charge < -0.3 is 10.0 Å². The molecule has 0 aromatic heterocycles. The molecule has 1 aliphatic heterocycles. The highest BCUT2D eigenvalue weighted by Gasteiger charge is 2.24. The number of amides is 1. The molecule has 92 valence electrons. The van der Waals surface area contributed by atoms with E-state index in [0.29, 0.717) is 11.6 Å². The maximum atomic E-state index is 12.3. The van der Waals surface area contributed by atoms with Crippen LogP contribution in [0, 0.1) is 3.57 Å². The van der Waals surface area contributed by atoms with Gasteiger partial charge in [-0.3, -0.25) is 4.79 Å². The Balaban J connectivity index is 2.21. The molecule has 1 atom stereocenters. The van der Waals surface area contributed by atoms with Gasteiger partial charge in [-0.2, -0.15) is 0 Å². The van der Waals surface area contributed by atoms with Gasteiger partial charge in [0, 0.05) is 18.2 Å². The van der Waals surface area contributed by atoms with Crippen LogP contribution in [0.3, 0.4) is 0 Å². The molecule has 1 unspecified atom stereocenters. The Morgan fingerprint density at radius 3 is 2.88 bits per heavy atom. The summed E-state index contributed by atoms with van der Waals surface area (Å²) < 4.78 is 0.769. The third-order valence-corrected chi connectivity index (χ3v) is 4.17. The van der Waals surface area contributed by atoms with E-state index in [4.69, 9.17) is 0 Å². The lowest BCUT2D eigenvalue weighted by Crippen LogP contribution is -2.42. The molecule has 1 amide bonds. The Hall–Kier alpha value is -0.780. The Labute approximate surface area is 115 Å². The van der Waals surface area contributed by atoms with Gasteiger partial charge in [-0.1, -0.05) is 0 Å². The van der Waals surface area contributed by atoms with Gasteiger partial charge in [0.15, 0.2) is 0 Å². The van der Waals surface area contributed by atoms with Crippen molar-refractivity contribution in [2.45, 2.75) is 32.2 Å². The number of hydrogen-bond donors (Lipinski definition) is 1. The number of rotatable bonds is 1. The number of piperidine rings is 1. The van der Waals surface area contributed by atoms with Crippen molar-refractivity contribution in [3.63, 3.8) is 0 Å². The zero-order valence-electron chi connectivity index (χ0n) is 9.82. The maximum Gasteiger partial charge on any atom is 0.254 e. The third kappa shape index (κ3) is 2.73. The number of hydrogen-bond acceptors (Lipinski definition) is 2. The highest BCUT2D eigenvalue weighted by atomic mass is 127. The largest absolute Gasteiger partial charge is 0.507 e. The van der Waals surface area contributed by atoms with E-state index in [1.165, 1.54) is 6.42 Å². The Kier molecular flexibility index (Phi) is 3.91. The lowest BCUT2D eigenvalue weighted by Gasteiger charge is -2.33. The van der Waals surface area contributed by atoms with Crippen molar-refractivity contribution in [3.05, 3.63) is 27.3 Å². The Bertz CT molecular complexity index is 433. The van der Waals surface area contributed by atoms with Crippen LogP contribution in [0.15, 0.2) is 18.2 Å². The van der Waals surface area contributed by atoms with Crippen LogP contribution in [0.1, 0.15) is 36.5 Å². The molecule has 0 spiro atoms. The van der Waals surface area contributed by atoms with Crippen molar-refractivity contribution in [2.75, 3.05) is 6.54 Å². The zero-order chi connectivity index (χ0) is 12.4. The lowest BCUT2D eigenvalue weighted by molar-refractivity contribution is 0.0635. The summed E-state index contributed by atoms with van der Waals surface area (Å²) in [6, 6.07) is 5.42. The molecule has 2 rings (SSSR count). The fourth-order valence-corrected chi connectivity index (χ4v) is 2.55. The standard InChI is InChI=1S/C13H16INO2/c1-9-4-2-3-7-15(9)13(17)10-5-6-11(14)12(16)8-10/h5-6,8-9,16H,2-4,7H2,1H3. The molecular formula is C13H16INO2. The molecule has 1 fully saturated rings. The SMILES string of the molecule is CC1CCCCN1C(=O)c1ccc(I)c(O)c1. The van der Waals surface area contributed by atoms with E-state index in [1.54, 1.807) is 18.2 Å². The van der Waals surface area contributed by atoms with Crippen LogP contribution in [0.2, 0.25) is 0 Å². The molecule has 0 bridgehead atoms. The Morgan fingerprint density at radius 2 is 2.24 bits per heavy atom. The second kappa shape index (κ2) is 5.25. The second-order valence-corrected chi connectivity index (χ2v) is 5.67. The first-order valence-corrected chi connectivity index (χ1v) is 6.97. The number of nitrogens with zero attached hydrogens (tertiary/aromatic N) is 1. The molecule has 0 radical (unpaired) electrons. The molecule has 1 aliphatic rings. The van der Waals surface area contributed by atoms with Crippen LogP contribution in [-0.2, 0) is 0 Å². The normalized spacial score (nSPS) is 20.4. The van der Waals surface area contributed by atoms with Crippen molar-refractivity contribution < 1.29 is 9.90 Å². The molecule has 0 saturated carbocycles. The summed E-state index contributed by atoms with van der Waals surface area (Å²) in [6.07, 6.45) is 3.34. The van der Waals surface area contributed by atoms with Crippen LogP contribution in [0.25, 0.3) is 0 Å². The number of carbonyl (C=O) groups is 1. The first-order valence-electron chi connectivity index (χ1n) is 5.89. The van der Waals surface area contributed by atoms with Gasteiger partial charge in [-0.05, 0) is 67.0 Å². The number of carbonyl (C=O) groups excluding carboxylic acids is 1. The van der Waals surface area contributed by atoms with Gasteiger partial charge in [-0.25, -0.2) is 0 Å². The number of phenolic OH excluding ortho intramolecular Hbond substituents is 1. The minimum atomic E-state index is 0.0314. The van der Waals surface area contributed by atoms with Crippen LogP contribution < -0.4 is 0 Å². The fourth-order valence-electron chi connectivity index (χ4n) is 2.21. The van der Waals surface area contributed by atoms with Crippen LogP contribution in [0.5, 0.6) is 5.75 Å². The predicted octanol–water partition coefficient (Wildman–Crippen LogP) is 3.01. The minimum absolute atomic E-state index is 0.0314. The quantitative estimate of drug-likeness (QED) is 0.795. The van der Waals surface area contributed by atoms with Gasteiger partial charge in [0.05, 0.1) is 3.57 Å². The van der Waals surface area contributed by atoms with Gasteiger partial charge in [0.2, 0.25) is 0 Å². The maximum absolute atomic E-state index is 12.3. The molecule has 1 aromatic rings. The topological polar surface area (TPSA) is 40.5 Å². The van der Waals surface area contributed by atoms with Gasteiger partial charge in [0.1, 0.15) is 5.75 Å². The summed E-state index contributed by atoms with van der Waals surface area (Å²) in [4.78, 5) is 14.2. The lowest BCUT2D eigenvalue weighted by atomic mass is 10.0. The van der Waals surface area contributed by atoms with Crippen molar-refractivity contribution >= 4 is 28.5 Å². The van der Waals surface area contributed by atoms with Crippen molar-refractivity contribution in [2.24, 2.45) is 0 Å². The monoisotopic (exact) mass is 345 g/mol. The van der Waals surface area contributed by atoms with Crippen molar-refractivity contribution in [3.8, 4) is 5.75 Å². The first kappa shape index (κ1) is 12.7. The highest BCUT2D eigenvalue weighted by Crippen LogP contribution is 2.24. The van der Waals surface area contributed by atoms with Gasteiger partial charge in [-0.15, -0.1) is 0 Å². The van der Waals surface area contributed by atoms with E-state index in [0.717, 1.165) is 23.0 Å². The summed E-state index contributed by atoms with van der Waals surface area (Å²) in [5, 5.41) is 9.64. The van der Waals surface area contributed by atoms with Crippen LogP contribution in [0.4, 0.5) is 0 Å². The minimum Gasteiger partial charge on any atom is -0.507 e. The second-order valence-electron chi connectivity index (χ2n) is 4.51. The molecule has 0 aliphatic carbocycles. The van der Waals surface area contributed by atoms with E-state index >= 15 is 0 Å². The van der Waals surface area contributed by atoms with E-state index in [9.17, 15) is 9.90 Å². The molecule has 3 nitrogen and oxygen atoms in total. The van der Waals surface area contributed by atoms with E-state index in [2.05, 4.69) is 6.92 Å². The number of aromatic hydroxyl groups is 1. The van der Waals surface area contributed by atoms with Gasteiger partial charge in [0.25, 0.3) is 5.91 Å². The van der Waals surface area contributed by atoms with E-state index in [-0.39, 0.29) is 11.7 Å². The molecule has 4 heteroatoms. The number of likely N-dealkylation sites (tertiary alicyclic amines) is 1.